The van der Waals surface area contributed by atoms with E-state index in [2.05, 4.69) is 5.32 Å². The lowest BCUT2D eigenvalue weighted by molar-refractivity contribution is -0.122. The van der Waals surface area contributed by atoms with Gasteiger partial charge in [0, 0.05) is 0 Å². The largest absolute Gasteiger partial charge is 0.493 e. The Balaban J connectivity index is 2.02. The molecule has 2 N–H and O–H groups in total. The second-order valence-corrected chi connectivity index (χ2v) is 5.56. The Hall–Kier alpha value is -1.75. The Morgan fingerprint density at radius 3 is 2.48 bits per heavy atom. The van der Waals surface area contributed by atoms with Crippen molar-refractivity contribution in [2.24, 2.45) is 0 Å². The maximum absolute atomic E-state index is 12.2. The topological polar surface area (TPSA) is 67.8 Å². The van der Waals surface area contributed by atoms with Gasteiger partial charge in [-0.3, -0.25) is 4.79 Å². The van der Waals surface area contributed by atoms with Gasteiger partial charge in [0.15, 0.2) is 11.5 Å². The molecule has 1 saturated carbocycles. The van der Waals surface area contributed by atoms with Gasteiger partial charge in [0.05, 0.1) is 32.8 Å². The summed E-state index contributed by atoms with van der Waals surface area (Å²) in [4.78, 5) is 12.2. The summed E-state index contributed by atoms with van der Waals surface area (Å²) < 4.78 is 10.4. The first kappa shape index (κ1) is 15.6. The molecule has 1 amide bonds. The Kier molecular flexibility index (Phi) is 5.07. The minimum absolute atomic E-state index is 0.00464. The van der Waals surface area contributed by atoms with E-state index in [9.17, 15) is 9.90 Å². The van der Waals surface area contributed by atoms with Crippen LogP contribution >= 0.6 is 0 Å². The molecule has 2 rings (SSSR count). The van der Waals surface area contributed by atoms with Crippen molar-refractivity contribution in [2.75, 3.05) is 20.8 Å². The summed E-state index contributed by atoms with van der Waals surface area (Å²) in [7, 11) is 3.15. The summed E-state index contributed by atoms with van der Waals surface area (Å²) in [5.41, 5.74) is 0.435. The highest BCUT2D eigenvalue weighted by Crippen LogP contribution is 2.30. The molecule has 0 spiro atoms. The van der Waals surface area contributed by atoms with Gasteiger partial charge in [-0.2, -0.15) is 0 Å². The van der Waals surface area contributed by atoms with E-state index in [-0.39, 0.29) is 18.9 Å². The molecule has 116 valence electrons. The zero-order valence-corrected chi connectivity index (χ0v) is 12.6. The zero-order chi connectivity index (χ0) is 15.3. The van der Waals surface area contributed by atoms with Crippen molar-refractivity contribution < 1.29 is 19.4 Å². The molecular formula is C16H23NO4. The summed E-state index contributed by atoms with van der Waals surface area (Å²) >= 11 is 0. The highest BCUT2D eigenvalue weighted by molar-refractivity contribution is 5.79. The predicted molar refractivity (Wildman–Crippen MR) is 79.7 cm³/mol. The fraction of sp³-hybridized carbons (Fsp3) is 0.562. The van der Waals surface area contributed by atoms with E-state index < -0.39 is 5.54 Å². The summed E-state index contributed by atoms with van der Waals surface area (Å²) in [5, 5.41) is 12.5. The summed E-state index contributed by atoms with van der Waals surface area (Å²) in [5.74, 6) is 1.18. The van der Waals surface area contributed by atoms with Crippen LogP contribution in [0.5, 0.6) is 11.5 Å². The molecule has 1 fully saturated rings. The van der Waals surface area contributed by atoms with Crippen LogP contribution in [0.4, 0.5) is 0 Å². The third-order valence-electron chi connectivity index (χ3n) is 4.08. The number of nitrogens with one attached hydrogen (secondary N) is 1. The van der Waals surface area contributed by atoms with Crippen molar-refractivity contribution in [2.45, 2.75) is 37.6 Å². The Morgan fingerprint density at radius 1 is 1.24 bits per heavy atom. The van der Waals surface area contributed by atoms with E-state index >= 15 is 0 Å². The number of hydrogen-bond donors (Lipinski definition) is 2. The van der Waals surface area contributed by atoms with Crippen LogP contribution in [-0.4, -0.2) is 37.4 Å². The third kappa shape index (κ3) is 3.67. The Morgan fingerprint density at radius 2 is 1.90 bits per heavy atom. The normalized spacial score (nSPS) is 16.5. The molecule has 0 aliphatic heterocycles. The lowest BCUT2D eigenvalue weighted by Gasteiger charge is -2.28. The van der Waals surface area contributed by atoms with Crippen LogP contribution in [0.1, 0.15) is 31.2 Å². The quantitative estimate of drug-likeness (QED) is 0.837. The number of aliphatic hydroxyl groups is 1. The number of carbonyl (C=O) groups is 1. The number of benzene rings is 1. The van der Waals surface area contributed by atoms with Gasteiger partial charge in [-0.25, -0.2) is 0 Å². The number of amides is 1. The third-order valence-corrected chi connectivity index (χ3v) is 4.08. The van der Waals surface area contributed by atoms with Crippen molar-refractivity contribution >= 4 is 5.91 Å². The van der Waals surface area contributed by atoms with E-state index in [1.165, 1.54) is 0 Å². The standard InChI is InChI=1S/C16H23NO4/c1-20-13-6-5-12(9-14(13)21-2)10-15(19)17-16(11-18)7-3-4-8-16/h5-6,9,18H,3-4,7-8,10-11H2,1-2H3,(H,17,19). The first-order valence-corrected chi connectivity index (χ1v) is 7.25. The Labute approximate surface area is 125 Å². The molecule has 1 aromatic carbocycles. The number of rotatable bonds is 6. The van der Waals surface area contributed by atoms with Crippen molar-refractivity contribution in [1.82, 2.24) is 5.32 Å². The fourth-order valence-electron chi connectivity index (χ4n) is 2.89. The molecule has 5 heteroatoms. The van der Waals surface area contributed by atoms with Crippen LogP contribution in [0.3, 0.4) is 0 Å². The van der Waals surface area contributed by atoms with Gasteiger partial charge in [-0.1, -0.05) is 18.9 Å². The average Bonchev–Trinajstić information content (AvgIpc) is 2.96. The first-order chi connectivity index (χ1) is 10.1. The van der Waals surface area contributed by atoms with Crippen LogP contribution in [0.25, 0.3) is 0 Å². The lowest BCUT2D eigenvalue weighted by atomic mass is 9.98. The van der Waals surface area contributed by atoms with Crippen LogP contribution in [0.15, 0.2) is 18.2 Å². The van der Waals surface area contributed by atoms with Crippen molar-refractivity contribution in [3.8, 4) is 11.5 Å². The molecule has 21 heavy (non-hydrogen) atoms. The van der Waals surface area contributed by atoms with Gasteiger partial charge < -0.3 is 19.9 Å². The van der Waals surface area contributed by atoms with Crippen LogP contribution in [0.2, 0.25) is 0 Å². The first-order valence-electron chi connectivity index (χ1n) is 7.25. The lowest BCUT2D eigenvalue weighted by Crippen LogP contribution is -2.49. The predicted octanol–water partition coefficient (Wildman–Crippen LogP) is 1.67. The molecule has 0 atom stereocenters. The molecule has 0 heterocycles. The summed E-state index contributed by atoms with van der Waals surface area (Å²) in [6, 6.07) is 5.44. The van der Waals surface area contributed by atoms with Gasteiger partial charge in [0.2, 0.25) is 5.91 Å². The molecule has 0 unspecified atom stereocenters. The highest BCUT2D eigenvalue weighted by Gasteiger charge is 2.34. The van der Waals surface area contributed by atoms with Gasteiger partial charge >= 0.3 is 0 Å². The second kappa shape index (κ2) is 6.80. The number of methoxy groups -OCH3 is 2. The van der Waals surface area contributed by atoms with Crippen molar-refractivity contribution in [3.05, 3.63) is 23.8 Å². The monoisotopic (exact) mass is 293 g/mol. The SMILES string of the molecule is COc1ccc(CC(=O)NC2(CO)CCCC2)cc1OC. The number of aliphatic hydroxyl groups excluding tert-OH is 1. The Bertz CT molecular complexity index is 495. The molecule has 1 aliphatic carbocycles. The summed E-state index contributed by atoms with van der Waals surface area (Å²) in [6.45, 7) is 0.00464. The molecule has 1 aliphatic rings. The number of hydrogen-bond acceptors (Lipinski definition) is 4. The highest BCUT2D eigenvalue weighted by atomic mass is 16.5. The van der Waals surface area contributed by atoms with E-state index in [1.807, 2.05) is 6.07 Å². The molecule has 0 radical (unpaired) electrons. The van der Waals surface area contributed by atoms with Gasteiger partial charge in [0.1, 0.15) is 0 Å². The maximum atomic E-state index is 12.2. The molecular weight excluding hydrogens is 270 g/mol. The fourth-order valence-corrected chi connectivity index (χ4v) is 2.89. The van der Waals surface area contributed by atoms with Crippen molar-refractivity contribution in [3.63, 3.8) is 0 Å². The molecule has 1 aromatic rings. The average molecular weight is 293 g/mol. The van der Waals surface area contributed by atoms with E-state index in [0.717, 1.165) is 31.2 Å². The van der Waals surface area contributed by atoms with E-state index in [1.54, 1.807) is 26.4 Å². The smallest absolute Gasteiger partial charge is 0.224 e. The van der Waals surface area contributed by atoms with E-state index in [4.69, 9.17) is 9.47 Å². The van der Waals surface area contributed by atoms with Crippen molar-refractivity contribution in [1.29, 1.82) is 0 Å². The number of carbonyl (C=O) groups excluding carboxylic acids is 1. The van der Waals surface area contributed by atoms with Crippen LogP contribution in [0, 0.1) is 0 Å². The second-order valence-electron chi connectivity index (χ2n) is 5.56. The van der Waals surface area contributed by atoms with Gasteiger partial charge in [-0.15, -0.1) is 0 Å². The molecule has 0 saturated heterocycles. The van der Waals surface area contributed by atoms with Gasteiger partial charge in [0.25, 0.3) is 0 Å². The van der Waals surface area contributed by atoms with Crippen LogP contribution < -0.4 is 14.8 Å². The number of ether oxygens (including phenoxy) is 2. The molecule has 0 aromatic heterocycles. The minimum atomic E-state index is -0.423. The van der Waals surface area contributed by atoms with Gasteiger partial charge in [-0.05, 0) is 30.5 Å². The zero-order valence-electron chi connectivity index (χ0n) is 12.6. The van der Waals surface area contributed by atoms with E-state index in [0.29, 0.717) is 11.5 Å². The van der Waals surface area contributed by atoms with Crippen LogP contribution in [-0.2, 0) is 11.2 Å². The maximum Gasteiger partial charge on any atom is 0.224 e. The summed E-state index contributed by atoms with van der Waals surface area (Å²) in [6.07, 6.45) is 4.07. The molecule has 5 nitrogen and oxygen atoms in total. The molecule has 0 bridgehead atoms. The minimum Gasteiger partial charge on any atom is -0.493 e.